The largest absolute Gasteiger partial charge is 0.316 e. The second kappa shape index (κ2) is 6.76. The second-order valence-corrected chi connectivity index (χ2v) is 10.8. The summed E-state index contributed by atoms with van der Waals surface area (Å²) in [5.74, 6) is 0.378. The van der Waals surface area contributed by atoms with Crippen molar-refractivity contribution in [3.05, 3.63) is 29.3 Å². The Morgan fingerprint density at radius 2 is 1.88 bits per heavy atom. The van der Waals surface area contributed by atoms with Crippen LogP contribution in [0, 0.1) is 19.8 Å². The molecule has 2 saturated heterocycles. The third kappa shape index (κ3) is 4.08. The molecule has 2 heterocycles. The minimum Gasteiger partial charge on any atom is -0.316 e. The fraction of sp³-hybridized carbons (Fsp3) is 0.556. The van der Waals surface area contributed by atoms with E-state index in [0.717, 1.165) is 16.8 Å². The predicted octanol–water partition coefficient (Wildman–Crippen LogP) is 2.95. The summed E-state index contributed by atoms with van der Waals surface area (Å²) in [5.41, 5.74) is 3.14. The average Bonchev–Trinajstić information content (AvgIpc) is 2.87. The summed E-state index contributed by atoms with van der Waals surface area (Å²) < 4.78 is 24.2. The van der Waals surface area contributed by atoms with Crippen molar-refractivity contribution in [1.29, 1.82) is 0 Å². The van der Waals surface area contributed by atoms with Gasteiger partial charge in [-0.05, 0) is 43.0 Å². The number of aliphatic imine (C=N–C) groups is 1. The summed E-state index contributed by atoms with van der Waals surface area (Å²) in [7, 11) is -3.04. The number of amides is 1. The first-order valence-corrected chi connectivity index (χ1v) is 11.2. The van der Waals surface area contributed by atoms with Crippen LogP contribution in [0.2, 0.25) is 0 Å². The monoisotopic (exact) mass is 380 g/mol. The molecule has 1 amide bonds. The van der Waals surface area contributed by atoms with Gasteiger partial charge in [-0.15, -0.1) is 0 Å². The number of thioether (sulfide) groups is 1. The number of fused-ring (bicyclic) bond motifs is 1. The molecule has 0 bridgehead atoms. The minimum atomic E-state index is -3.04. The lowest BCUT2D eigenvalue weighted by atomic mass is 10.1. The van der Waals surface area contributed by atoms with Gasteiger partial charge in [0.15, 0.2) is 15.0 Å². The lowest BCUT2D eigenvalue weighted by Crippen LogP contribution is -2.37. The van der Waals surface area contributed by atoms with Crippen LogP contribution in [0.25, 0.3) is 0 Å². The van der Waals surface area contributed by atoms with Crippen molar-refractivity contribution in [3.8, 4) is 0 Å². The summed E-state index contributed by atoms with van der Waals surface area (Å²) in [6, 6.07) is 5.99. The normalized spacial score (nSPS) is 26.4. The fourth-order valence-corrected chi connectivity index (χ4v) is 7.39. The number of sulfone groups is 1. The smallest absolute Gasteiger partial charge is 0.248 e. The number of hydrogen-bond acceptors (Lipinski definition) is 4. The van der Waals surface area contributed by atoms with Crippen LogP contribution in [0.3, 0.4) is 0 Å². The van der Waals surface area contributed by atoms with Gasteiger partial charge in [0, 0.05) is 17.4 Å². The fourth-order valence-electron chi connectivity index (χ4n) is 3.46. The standard InChI is InChI=1S/C18H24N2O3S2/c1-11(2)5-17(21)19-18-20(14-7-12(3)6-13(4)8-14)15-9-25(22,23)10-16(15)24-18/h6-8,11,15-16H,5,9-10H2,1-4H3/t15-,16+/m0/s1. The summed E-state index contributed by atoms with van der Waals surface area (Å²) >= 11 is 1.43. The summed E-state index contributed by atoms with van der Waals surface area (Å²) in [4.78, 5) is 18.5. The number of anilines is 1. The first kappa shape index (κ1) is 18.5. The third-order valence-corrected chi connectivity index (χ3v) is 7.56. The van der Waals surface area contributed by atoms with Gasteiger partial charge in [-0.3, -0.25) is 4.79 Å². The van der Waals surface area contributed by atoms with E-state index in [-0.39, 0.29) is 34.6 Å². The summed E-state index contributed by atoms with van der Waals surface area (Å²) in [6.07, 6.45) is 0.401. The van der Waals surface area contributed by atoms with E-state index in [1.165, 1.54) is 11.8 Å². The number of carbonyl (C=O) groups is 1. The number of aryl methyl sites for hydroxylation is 2. The molecule has 0 radical (unpaired) electrons. The SMILES string of the molecule is Cc1cc(C)cc(N2C(=NC(=O)CC(C)C)S[C@@H]3CS(=O)(=O)C[C@@H]32)c1. The molecule has 2 aliphatic heterocycles. The van der Waals surface area contributed by atoms with E-state index in [4.69, 9.17) is 0 Å². The molecule has 0 aliphatic carbocycles. The summed E-state index contributed by atoms with van der Waals surface area (Å²) in [6.45, 7) is 8.01. The quantitative estimate of drug-likeness (QED) is 0.806. The zero-order valence-corrected chi connectivity index (χ0v) is 16.7. The van der Waals surface area contributed by atoms with Gasteiger partial charge < -0.3 is 4.90 Å². The Labute approximate surface area is 153 Å². The van der Waals surface area contributed by atoms with Crippen molar-refractivity contribution in [2.75, 3.05) is 16.4 Å². The highest BCUT2D eigenvalue weighted by Crippen LogP contribution is 2.41. The molecule has 2 fully saturated rings. The number of hydrogen-bond donors (Lipinski definition) is 0. The molecular weight excluding hydrogens is 356 g/mol. The molecular formula is C18H24N2O3S2. The molecule has 3 rings (SSSR count). The second-order valence-electron chi connectivity index (χ2n) is 7.40. The molecule has 7 heteroatoms. The number of rotatable bonds is 3. The average molecular weight is 381 g/mol. The topological polar surface area (TPSA) is 66.8 Å². The first-order valence-electron chi connectivity index (χ1n) is 8.51. The van der Waals surface area contributed by atoms with Gasteiger partial charge in [-0.2, -0.15) is 4.99 Å². The Balaban J connectivity index is 2.00. The zero-order valence-electron chi connectivity index (χ0n) is 15.0. The number of carbonyl (C=O) groups excluding carboxylic acids is 1. The van der Waals surface area contributed by atoms with Gasteiger partial charge in [-0.1, -0.05) is 31.7 Å². The Bertz CT molecular complexity index is 810. The molecule has 136 valence electrons. The van der Waals surface area contributed by atoms with Gasteiger partial charge in [-0.25, -0.2) is 8.42 Å². The van der Waals surface area contributed by atoms with E-state index < -0.39 is 9.84 Å². The maximum absolute atomic E-state index is 12.2. The van der Waals surface area contributed by atoms with Crippen molar-refractivity contribution >= 4 is 38.4 Å². The van der Waals surface area contributed by atoms with E-state index >= 15 is 0 Å². The van der Waals surface area contributed by atoms with E-state index in [1.54, 1.807) is 0 Å². The Kier molecular flexibility index (Phi) is 4.99. The Morgan fingerprint density at radius 1 is 1.24 bits per heavy atom. The highest BCUT2D eigenvalue weighted by atomic mass is 32.2. The van der Waals surface area contributed by atoms with E-state index in [9.17, 15) is 13.2 Å². The maximum atomic E-state index is 12.2. The molecule has 2 aliphatic rings. The van der Waals surface area contributed by atoms with Crippen molar-refractivity contribution < 1.29 is 13.2 Å². The molecule has 1 aromatic rings. The van der Waals surface area contributed by atoms with Crippen LogP contribution >= 0.6 is 11.8 Å². The predicted molar refractivity (Wildman–Crippen MR) is 104 cm³/mol. The zero-order chi connectivity index (χ0) is 18.4. The molecule has 0 saturated carbocycles. The van der Waals surface area contributed by atoms with Gasteiger partial charge in [0.1, 0.15) is 0 Å². The van der Waals surface area contributed by atoms with Crippen molar-refractivity contribution in [2.45, 2.75) is 45.4 Å². The summed E-state index contributed by atoms with van der Waals surface area (Å²) in [5, 5.41) is 0.581. The van der Waals surface area contributed by atoms with Gasteiger partial charge in [0.25, 0.3) is 0 Å². The van der Waals surface area contributed by atoms with E-state index in [2.05, 4.69) is 11.1 Å². The van der Waals surface area contributed by atoms with Gasteiger partial charge in [0.05, 0.1) is 17.5 Å². The molecule has 0 N–H and O–H groups in total. The van der Waals surface area contributed by atoms with Gasteiger partial charge >= 0.3 is 0 Å². The molecule has 2 atom stereocenters. The highest BCUT2D eigenvalue weighted by Gasteiger charge is 2.49. The minimum absolute atomic E-state index is 0.0589. The number of nitrogens with zero attached hydrogens (tertiary/aromatic N) is 2. The lowest BCUT2D eigenvalue weighted by Gasteiger charge is -2.25. The maximum Gasteiger partial charge on any atom is 0.248 e. The van der Waals surface area contributed by atoms with Crippen LogP contribution in [-0.4, -0.2) is 42.3 Å². The van der Waals surface area contributed by atoms with Gasteiger partial charge in [0.2, 0.25) is 5.91 Å². The molecule has 1 aromatic carbocycles. The van der Waals surface area contributed by atoms with Crippen LogP contribution in [0.1, 0.15) is 31.4 Å². The molecule has 0 unspecified atom stereocenters. The lowest BCUT2D eigenvalue weighted by molar-refractivity contribution is -0.118. The Hall–Kier alpha value is -1.34. The van der Waals surface area contributed by atoms with Crippen LogP contribution in [0.15, 0.2) is 23.2 Å². The van der Waals surface area contributed by atoms with Crippen LogP contribution < -0.4 is 4.90 Å². The molecule has 0 aromatic heterocycles. The molecule has 0 spiro atoms. The van der Waals surface area contributed by atoms with E-state index in [0.29, 0.717) is 11.6 Å². The first-order chi connectivity index (χ1) is 11.6. The Morgan fingerprint density at radius 3 is 2.48 bits per heavy atom. The van der Waals surface area contributed by atoms with E-state index in [1.807, 2.05) is 44.7 Å². The van der Waals surface area contributed by atoms with Crippen molar-refractivity contribution in [1.82, 2.24) is 0 Å². The third-order valence-electron chi connectivity index (χ3n) is 4.35. The van der Waals surface area contributed by atoms with Crippen molar-refractivity contribution in [3.63, 3.8) is 0 Å². The molecule has 25 heavy (non-hydrogen) atoms. The van der Waals surface area contributed by atoms with Crippen LogP contribution in [0.4, 0.5) is 5.69 Å². The number of benzene rings is 1. The molecule has 5 nitrogen and oxygen atoms in total. The number of amidine groups is 1. The highest BCUT2D eigenvalue weighted by molar-refractivity contribution is 8.16. The van der Waals surface area contributed by atoms with Crippen molar-refractivity contribution in [2.24, 2.45) is 10.9 Å². The van der Waals surface area contributed by atoms with Crippen LogP contribution in [-0.2, 0) is 14.6 Å². The van der Waals surface area contributed by atoms with Crippen LogP contribution in [0.5, 0.6) is 0 Å².